The van der Waals surface area contributed by atoms with E-state index in [-0.39, 0.29) is 0 Å². The SMILES string of the molecule is C=C/C(C#Cc1cccc(C#N)c1)=C\N=CC. The van der Waals surface area contributed by atoms with Crippen molar-refractivity contribution in [3.8, 4) is 17.9 Å². The van der Waals surface area contributed by atoms with Crippen LogP contribution < -0.4 is 0 Å². The minimum absolute atomic E-state index is 0.604. The molecule has 17 heavy (non-hydrogen) atoms. The lowest BCUT2D eigenvalue weighted by atomic mass is 10.1. The fraction of sp³-hybridized carbons (Fsp3) is 0.0667. The van der Waals surface area contributed by atoms with Gasteiger partial charge in [-0.1, -0.05) is 30.6 Å². The second-order valence-corrected chi connectivity index (χ2v) is 3.14. The maximum atomic E-state index is 8.76. The summed E-state index contributed by atoms with van der Waals surface area (Å²) in [7, 11) is 0. The van der Waals surface area contributed by atoms with Gasteiger partial charge in [0.1, 0.15) is 0 Å². The van der Waals surface area contributed by atoms with Crippen molar-refractivity contribution in [1.29, 1.82) is 5.26 Å². The van der Waals surface area contributed by atoms with E-state index in [2.05, 4.69) is 29.5 Å². The van der Waals surface area contributed by atoms with Crippen molar-refractivity contribution in [3.63, 3.8) is 0 Å². The van der Waals surface area contributed by atoms with Crippen LogP contribution >= 0.6 is 0 Å². The summed E-state index contributed by atoms with van der Waals surface area (Å²) in [5.41, 5.74) is 2.15. The Labute approximate surface area is 102 Å². The first-order valence-electron chi connectivity index (χ1n) is 5.12. The maximum Gasteiger partial charge on any atom is 0.0992 e. The Morgan fingerprint density at radius 1 is 1.41 bits per heavy atom. The summed E-state index contributed by atoms with van der Waals surface area (Å²) in [5.74, 6) is 5.91. The fourth-order valence-electron chi connectivity index (χ4n) is 1.10. The Bertz CT molecular complexity index is 561. The molecule has 2 heteroatoms. The molecule has 0 aliphatic heterocycles. The van der Waals surface area contributed by atoms with E-state index in [1.807, 2.05) is 19.1 Å². The van der Waals surface area contributed by atoms with Crippen LogP contribution in [0, 0.1) is 23.2 Å². The zero-order valence-corrected chi connectivity index (χ0v) is 9.64. The van der Waals surface area contributed by atoms with Crippen molar-refractivity contribution < 1.29 is 0 Å². The van der Waals surface area contributed by atoms with Gasteiger partial charge in [-0.3, -0.25) is 4.99 Å². The molecular weight excluding hydrogens is 208 g/mol. The smallest absolute Gasteiger partial charge is 0.0992 e. The van der Waals surface area contributed by atoms with Crippen LogP contribution in [0.3, 0.4) is 0 Å². The monoisotopic (exact) mass is 220 g/mol. The van der Waals surface area contributed by atoms with E-state index >= 15 is 0 Å². The average Bonchev–Trinajstić information content (AvgIpc) is 2.39. The molecule has 0 amide bonds. The van der Waals surface area contributed by atoms with Crippen molar-refractivity contribution in [2.75, 3.05) is 0 Å². The van der Waals surface area contributed by atoms with E-state index in [0.29, 0.717) is 5.56 Å². The van der Waals surface area contributed by atoms with Crippen molar-refractivity contribution >= 4 is 6.21 Å². The van der Waals surface area contributed by atoms with Crippen LogP contribution in [0.5, 0.6) is 0 Å². The molecule has 82 valence electrons. The molecule has 0 heterocycles. The van der Waals surface area contributed by atoms with Gasteiger partial charge in [-0.25, -0.2) is 0 Å². The first kappa shape index (κ1) is 12.5. The maximum absolute atomic E-state index is 8.76. The highest BCUT2D eigenvalue weighted by Crippen LogP contribution is 2.03. The normalized spacial score (nSPS) is 10.5. The Morgan fingerprint density at radius 2 is 2.18 bits per heavy atom. The first-order chi connectivity index (χ1) is 8.30. The molecule has 0 saturated heterocycles. The molecule has 0 fully saturated rings. The third-order valence-corrected chi connectivity index (χ3v) is 1.93. The van der Waals surface area contributed by atoms with Crippen LogP contribution in [0.1, 0.15) is 18.1 Å². The average molecular weight is 220 g/mol. The predicted molar refractivity (Wildman–Crippen MR) is 70.5 cm³/mol. The van der Waals surface area contributed by atoms with E-state index in [9.17, 15) is 0 Å². The zero-order chi connectivity index (χ0) is 12.5. The molecule has 0 aliphatic carbocycles. The van der Waals surface area contributed by atoms with Gasteiger partial charge >= 0.3 is 0 Å². The Morgan fingerprint density at radius 3 is 2.82 bits per heavy atom. The van der Waals surface area contributed by atoms with Crippen LogP contribution in [0.4, 0.5) is 0 Å². The van der Waals surface area contributed by atoms with Crippen molar-refractivity contribution in [1.82, 2.24) is 0 Å². The molecule has 0 spiro atoms. The number of rotatable bonds is 2. The molecule has 0 N–H and O–H groups in total. The van der Waals surface area contributed by atoms with Crippen LogP contribution in [-0.4, -0.2) is 6.21 Å². The largest absolute Gasteiger partial charge is 0.268 e. The first-order valence-corrected chi connectivity index (χ1v) is 5.12. The van der Waals surface area contributed by atoms with E-state index in [4.69, 9.17) is 5.26 Å². The Balaban J connectivity index is 2.98. The van der Waals surface area contributed by atoms with Crippen LogP contribution in [0.25, 0.3) is 0 Å². The zero-order valence-electron chi connectivity index (χ0n) is 9.64. The molecule has 1 aromatic carbocycles. The summed E-state index contributed by atoms with van der Waals surface area (Å²) in [6.45, 7) is 5.50. The van der Waals surface area contributed by atoms with Crippen molar-refractivity contribution in [3.05, 3.63) is 59.8 Å². The van der Waals surface area contributed by atoms with Gasteiger partial charge in [0.25, 0.3) is 0 Å². The summed E-state index contributed by atoms with van der Waals surface area (Å²) in [5, 5.41) is 8.76. The van der Waals surface area contributed by atoms with Gasteiger partial charge in [0, 0.05) is 23.6 Å². The minimum Gasteiger partial charge on any atom is -0.268 e. The van der Waals surface area contributed by atoms with Gasteiger partial charge in [-0.05, 0) is 25.1 Å². The lowest BCUT2D eigenvalue weighted by molar-refractivity contribution is 1.48. The fourth-order valence-corrected chi connectivity index (χ4v) is 1.10. The standard InChI is InChI=1S/C15H12N2/c1-3-13(12-17-4-2)8-9-14-6-5-7-15(10-14)11-16/h3-7,10,12H,1H2,2H3/b13-12+,17-4?. The van der Waals surface area contributed by atoms with Crippen LogP contribution in [0.2, 0.25) is 0 Å². The number of nitriles is 1. The molecule has 0 aromatic heterocycles. The highest BCUT2D eigenvalue weighted by atomic mass is 14.7. The molecule has 0 unspecified atom stereocenters. The Hall–Kier alpha value is -2.58. The molecule has 2 nitrogen and oxygen atoms in total. The second kappa shape index (κ2) is 6.82. The minimum atomic E-state index is 0.604. The van der Waals surface area contributed by atoms with E-state index in [1.165, 1.54) is 0 Å². The van der Waals surface area contributed by atoms with E-state index in [1.54, 1.807) is 30.6 Å². The van der Waals surface area contributed by atoms with Crippen LogP contribution in [0.15, 0.2) is 53.7 Å². The number of allylic oxidation sites excluding steroid dienone is 2. The van der Waals surface area contributed by atoms with Gasteiger partial charge < -0.3 is 0 Å². The van der Waals surface area contributed by atoms with E-state index in [0.717, 1.165) is 11.1 Å². The Kier molecular flexibility index (Phi) is 5.01. The molecule has 0 atom stereocenters. The summed E-state index contributed by atoms with van der Waals surface area (Å²) in [6, 6.07) is 9.24. The van der Waals surface area contributed by atoms with Crippen molar-refractivity contribution in [2.45, 2.75) is 6.92 Å². The highest BCUT2D eigenvalue weighted by Gasteiger charge is 1.90. The molecule has 0 aliphatic rings. The van der Waals surface area contributed by atoms with Gasteiger partial charge in [0.15, 0.2) is 0 Å². The summed E-state index contributed by atoms with van der Waals surface area (Å²) < 4.78 is 0. The quantitative estimate of drug-likeness (QED) is 0.428. The molecule has 1 rings (SSSR count). The third kappa shape index (κ3) is 4.20. The second-order valence-electron chi connectivity index (χ2n) is 3.14. The highest BCUT2D eigenvalue weighted by molar-refractivity contribution is 5.55. The van der Waals surface area contributed by atoms with Crippen molar-refractivity contribution in [2.24, 2.45) is 4.99 Å². The predicted octanol–water partition coefficient (Wildman–Crippen LogP) is 3.07. The van der Waals surface area contributed by atoms with E-state index < -0.39 is 0 Å². The third-order valence-electron chi connectivity index (χ3n) is 1.93. The van der Waals surface area contributed by atoms with Gasteiger partial charge in [0.2, 0.25) is 0 Å². The summed E-state index contributed by atoms with van der Waals surface area (Å²) in [4.78, 5) is 3.98. The number of hydrogen-bond acceptors (Lipinski definition) is 2. The summed E-state index contributed by atoms with van der Waals surface area (Å²) in [6.07, 6.45) is 4.98. The molecule has 0 bridgehead atoms. The topological polar surface area (TPSA) is 36.1 Å². The molecule has 0 radical (unpaired) electrons. The van der Waals surface area contributed by atoms with Gasteiger partial charge in [-0.15, -0.1) is 0 Å². The number of aliphatic imine (C=N–C) groups is 1. The number of hydrogen-bond donors (Lipinski definition) is 0. The van der Waals surface area contributed by atoms with Gasteiger partial charge in [-0.2, -0.15) is 5.26 Å². The number of nitrogens with zero attached hydrogens (tertiary/aromatic N) is 2. The number of benzene rings is 1. The molecule has 0 saturated carbocycles. The lowest BCUT2D eigenvalue weighted by Gasteiger charge is -1.90. The molecule has 1 aromatic rings. The van der Waals surface area contributed by atoms with Gasteiger partial charge in [0.05, 0.1) is 11.6 Å². The lowest BCUT2D eigenvalue weighted by Crippen LogP contribution is -1.78. The summed E-state index contributed by atoms with van der Waals surface area (Å²) >= 11 is 0. The van der Waals surface area contributed by atoms with Crippen LogP contribution in [-0.2, 0) is 0 Å². The molecular formula is C15H12N2.